The van der Waals surface area contributed by atoms with Crippen LogP contribution in [0.2, 0.25) is 0 Å². The van der Waals surface area contributed by atoms with Crippen LogP contribution in [0, 0.1) is 12.7 Å². The summed E-state index contributed by atoms with van der Waals surface area (Å²) < 4.78 is 12.9. The summed E-state index contributed by atoms with van der Waals surface area (Å²) in [5.74, 6) is -0.861. The molecule has 0 aromatic heterocycles. The Morgan fingerprint density at radius 1 is 1.08 bits per heavy atom. The molecular formula is C19H21FN2O2. The van der Waals surface area contributed by atoms with Crippen LogP contribution in [0.3, 0.4) is 0 Å². The zero-order valence-electron chi connectivity index (χ0n) is 14.0. The predicted octanol–water partition coefficient (Wildman–Crippen LogP) is 3.63. The van der Waals surface area contributed by atoms with E-state index in [0.717, 1.165) is 16.8 Å². The number of hydrogen-bond acceptors (Lipinski definition) is 2. The Kier molecular flexibility index (Phi) is 5.68. The zero-order valence-corrected chi connectivity index (χ0v) is 14.0. The topological polar surface area (TPSA) is 58.2 Å². The highest BCUT2D eigenvalue weighted by Gasteiger charge is 2.13. The van der Waals surface area contributed by atoms with Crippen LogP contribution in [0.1, 0.15) is 41.3 Å². The monoisotopic (exact) mass is 328 g/mol. The summed E-state index contributed by atoms with van der Waals surface area (Å²) in [5, 5.41) is 5.40. The first-order valence-electron chi connectivity index (χ1n) is 7.81. The van der Waals surface area contributed by atoms with Gasteiger partial charge in [0.2, 0.25) is 5.91 Å². The molecule has 0 saturated carbocycles. The highest BCUT2D eigenvalue weighted by molar-refractivity contribution is 5.99. The number of carbonyl (C=O) groups is 2. The van der Waals surface area contributed by atoms with Crippen LogP contribution in [-0.2, 0) is 4.79 Å². The zero-order chi connectivity index (χ0) is 17.7. The van der Waals surface area contributed by atoms with Gasteiger partial charge in [-0.05, 0) is 48.2 Å². The van der Waals surface area contributed by atoms with Gasteiger partial charge in [0.25, 0.3) is 5.91 Å². The minimum Gasteiger partial charge on any atom is -0.343 e. The number of benzene rings is 2. The number of halogens is 1. The van der Waals surface area contributed by atoms with E-state index in [0.29, 0.717) is 5.56 Å². The second-order valence-electron chi connectivity index (χ2n) is 5.93. The lowest BCUT2D eigenvalue weighted by atomic mass is 9.98. The van der Waals surface area contributed by atoms with Crippen molar-refractivity contribution in [2.75, 3.05) is 11.9 Å². The first-order valence-corrected chi connectivity index (χ1v) is 7.81. The SMILES string of the molecule is Cc1cccc(C(C)C)c1NC(=O)CNC(=O)c1ccc(F)cc1. The van der Waals surface area contributed by atoms with Crippen molar-refractivity contribution in [3.05, 3.63) is 65.0 Å². The molecule has 2 aromatic rings. The number of carbonyl (C=O) groups excluding carboxylic acids is 2. The molecule has 2 amide bonds. The summed E-state index contributed by atoms with van der Waals surface area (Å²) in [6.45, 7) is 5.89. The third-order valence-electron chi connectivity index (χ3n) is 3.71. The summed E-state index contributed by atoms with van der Waals surface area (Å²) >= 11 is 0. The van der Waals surface area contributed by atoms with Gasteiger partial charge in [-0.15, -0.1) is 0 Å². The average Bonchev–Trinajstić information content (AvgIpc) is 2.55. The molecule has 0 aliphatic carbocycles. The van der Waals surface area contributed by atoms with Crippen LogP contribution in [0.15, 0.2) is 42.5 Å². The first kappa shape index (κ1) is 17.7. The summed E-state index contributed by atoms with van der Waals surface area (Å²) in [5.41, 5.74) is 3.11. The molecule has 0 saturated heterocycles. The van der Waals surface area contributed by atoms with Crippen LogP contribution in [-0.4, -0.2) is 18.4 Å². The molecular weight excluding hydrogens is 307 g/mol. The Balaban J connectivity index is 1.99. The van der Waals surface area contributed by atoms with Crippen molar-refractivity contribution in [3.8, 4) is 0 Å². The molecule has 2 rings (SSSR count). The maximum atomic E-state index is 12.9. The Labute approximate surface area is 141 Å². The fraction of sp³-hybridized carbons (Fsp3) is 0.263. The molecule has 2 N–H and O–H groups in total. The minimum absolute atomic E-state index is 0.151. The molecule has 24 heavy (non-hydrogen) atoms. The molecule has 2 aromatic carbocycles. The molecule has 0 radical (unpaired) electrons. The van der Waals surface area contributed by atoms with Crippen molar-refractivity contribution in [2.45, 2.75) is 26.7 Å². The highest BCUT2D eigenvalue weighted by atomic mass is 19.1. The molecule has 126 valence electrons. The quantitative estimate of drug-likeness (QED) is 0.880. The number of aryl methyl sites for hydroxylation is 1. The van der Waals surface area contributed by atoms with E-state index in [1.807, 2.05) is 25.1 Å². The van der Waals surface area contributed by atoms with Gasteiger partial charge in [0.15, 0.2) is 0 Å². The highest BCUT2D eigenvalue weighted by Crippen LogP contribution is 2.27. The molecule has 0 unspecified atom stereocenters. The van der Waals surface area contributed by atoms with Crippen molar-refractivity contribution in [2.24, 2.45) is 0 Å². The predicted molar refractivity (Wildman–Crippen MR) is 92.6 cm³/mol. The van der Waals surface area contributed by atoms with Gasteiger partial charge >= 0.3 is 0 Å². The molecule has 0 atom stereocenters. The Morgan fingerprint density at radius 3 is 2.38 bits per heavy atom. The van der Waals surface area contributed by atoms with Crippen molar-refractivity contribution < 1.29 is 14.0 Å². The van der Waals surface area contributed by atoms with E-state index in [1.165, 1.54) is 24.3 Å². The summed E-state index contributed by atoms with van der Waals surface area (Å²) in [6.07, 6.45) is 0. The molecule has 0 bridgehead atoms. The smallest absolute Gasteiger partial charge is 0.251 e. The molecule has 0 heterocycles. The Bertz CT molecular complexity index is 740. The number of anilines is 1. The van der Waals surface area contributed by atoms with E-state index in [-0.39, 0.29) is 18.4 Å². The lowest BCUT2D eigenvalue weighted by Gasteiger charge is -2.16. The van der Waals surface area contributed by atoms with Gasteiger partial charge in [0.05, 0.1) is 6.54 Å². The van der Waals surface area contributed by atoms with Gasteiger partial charge in [-0.1, -0.05) is 32.0 Å². The van der Waals surface area contributed by atoms with Crippen LogP contribution in [0.25, 0.3) is 0 Å². The number of nitrogens with one attached hydrogen (secondary N) is 2. The van der Waals surface area contributed by atoms with Crippen molar-refractivity contribution in [1.29, 1.82) is 0 Å². The molecule has 4 nitrogen and oxygen atoms in total. The summed E-state index contributed by atoms with van der Waals surface area (Å²) in [6, 6.07) is 11.0. The Morgan fingerprint density at radius 2 is 1.75 bits per heavy atom. The van der Waals surface area contributed by atoms with Gasteiger partial charge in [-0.3, -0.25) is 9.59 Å². The summed E-state index contributed by atoms with van der Waals surface area (Å²) in [7, 11) is 0. The maximum Gasteiger partial charge on any atom is 0.251 e. The lowest BCUT2D eigenvalue weighted by Crippen LogP contribution is -2.33. The van der Waals surface area contributed by atoms with Gasteiger partial charge in [-0.2, -0.15) is 0 Å². The second-order valence-corrected chi connectivity index (χ2v) is 5.93. The van der Waals surface area contributed by atoms with Crippen molar-refractivity contribution in [1.82, 2.24) is 5.32 Å². The van der Waals surface area contributed by atoms with Crippen LogP contribution >= 0.6 is 0 Å². The third kappa shape index (κ3) is 4.41. The Hall–Kier alpha value is -2.69. The van der Waals surface area contributed by atoms with Gasteiger partial charge in [0.1, 0.15) is 5.82 Å². The first-order chi connectivity index (χ1) is 11.4. The van der Waals surface area contributed by atoms with E-state index in [2.05, 4.69) is 24.5 Å². The fourth-order valence-corrected chi connectivity index (χ4v) is 2.39. The van der Waals surface area contributed by atoms with E-state index in [1.54, 1.807) is 0 Å². The molecule has 0 fully saturated rings. The third-order valence-corrected chi connectivity index (χ3v) is 3.71. The van der Waals surface area contributed by atoms with E-state index in [9.17, 15) is 14.0 Å². The molecule has 5 heteroatoms. The minimum atomic E-state index is -0.418. The van der Waals surface area contributed by atoms with E-state index >= 15 is 0 Å². The number of rotatable bonds is 5. The van der Waals surface area contributed by atoms with Gasteiger partial charge in [0, 0.05) is 11.3 Å². The summed E-state index contributed by atoms with van der Waals surface area (Å²) in [4.78, 5) is 24.1. The fourth-order valence-electron chi connectivity index (χ4n) is 2.39. The lowest BCUT2D eigenvalue weighted by molar-refractivity contribution is -0.115. The second kappa shape index (κ2) is 7.73. The van der Waals surface area contributed by atoms with Crippen LogP contribution in [0.5, 0.6) is 0 Å². The van der Waals surface area contributed by atoms with Gasteiger partial charge < -0.3 is 10.6 Å². The van der Waals surface area contributed by atoms with E-state index in [4.69, 9.17) is 0 Å². The molecule has 0 aliphatic rings. The van der Waals surface area contributed by atoms with Crippen molar-refractivity contribution >= 4 is 17.5 Å². The van der Waals surface area contributed by atoms with Crippen LogP contribution in [0.4, 0.5) is 10.1 Å². The van der Waals surface area contributed by atoms with Crippen molar-refractivity contribution in [3.63, 3.8) is 0 Å². The number of hydrogen-bond donors (Lipinski definition) is 2. The average molecular weight is 328 g/mol. The maximum absolute atomic E-state index is 12.9. The van der Waals surface area contributed by atoms with Crippen LogP contribution < -0.4 is 10.6 Å². The molecule has 0 spiro atoms. The normalized spacial score (nSPS) is 10.5. The largest absolute Gasteiger partial charge is 0.343 e. The number of para-hydroxylation sites is 1. The molecule has 0 aliphatic heterocycles. The number of amides is 2. The van der Waals surface area contributed by atoms with Gasteiger partial charge in [-0.25, -0.2) is 4.39 Å². The standard InChI is InChI=1S/C19H21FN2O2/c1-12(2)16-6-4-5-13(3)18(16)22-17(23)11-21-19(24)14-7-9-15(20)10-8-14/h4-10,12H,11H2,1-3H3,(H,21,24)(H,22,23). The van der Waals surface area contributed by atoms with E-state index < -0.39 is 11.7 Å².